The second kappa shape index (κ2) is 6.93. The van der Waals surface area contributed by atoms with Crippen molar-refractivity contribution in [3.63, 3.8) is 0 Å². The van der Waals surface area contributed by atoms with E-state index in [0.717, 1.165) is 12.0 Å². The predicted molar refractivity (Wildman–Crippen MR) is 84.2 cm³/mol. The van der Waals surface area contributed by atoms with Gasteiger partial charge in [0.05, 0.1) is 23.1 Å². The highest BCUT2D eigenvalue weighted by molar-refractivity contribution is 7.91. The summed E-state index contributed by atoms with van der Waals surface area (Å²) < 4.78 is 22.7. The maximum atomic E-state index is 12.1. The molecule has 0 spiro atoms. The maximum absolute atomic E-state index is 12.1. The highest BCUT2D eigenvalue weighted by atomic mass is 32.2. The Morgan fingerprint density at radius 1 is 1.36 bits per heavy atom. The third-order valence-electron chi connectivity index (χ3n) is 4.11. The molecule has 1 N–H and O–H groups in total. The van der Waals surface area contributed by atoms with E-state index in [0.29, 0.717) is 36.4 Å². The van der Waals surface area contributed by atoms with E-state index < -0.39 is 9.84 Å². The Labute approximate surface area is 131 Å². The number of sulfone groups is 1. The molecule has 0 unspecified atom stereocenters. The average Bonchev–Trinajstić information content (AvgIpc) is 2.48. The van der Waals surface area contributed by atoms with Crippen LogP contribution in [0.1, 0.15) is 40.7 Å². The van der Waals surface area contributed by atoms with Gasteiger partial charge in [-0.25, -0.2) is 8.42 Å². The van der Waals surface area contributed by atoms with E-state index in [2.05, 4.69) is 5.32 Å². The standard InChI is InChI=1S/C16H20N2O3S/c1-12-10-14(11-17)2-3-15(12)16(19)18-7-4-13-5-8-22(20,21)9-6-13/h2-3,10,13H,4-9H2,1H3,(H,18,19). The minimum Gasteiger partial charge on any atom is -0.352 e. The van der Waals surface area contributed by atoms with Gasteiger partial charge in [0.15, 0.2) is 0 Å². The lowest BCUT2D eigenvalue weighted by Crippen LogP contribution is -2.29. The summed E-state index contributed by atoms with van der Waals surface area (Å²) in [6.07, 6.45) is 2.18. The van der Waals surface area contributed by atoms with Crippen molar-refractivity contribution in [2.24, 2.45) is 5.92 Å². The summed E-state index contributed by atoms with van der Waals surface area (Å²) in [7, 11) is -2.83. The zero-order valence-electron chi connectivity index (χ0n) is 12.6. The summed E-state index contributed by atoms with van der Waals surface area (Å²) in [5.41, 5.74) is 1.89. The molecule has 0 aromatic heterocycles. The minimum atomic E-state index is -2.83. The maximum Gasteiger partial charge on any atom is 0.251 e. The minimum absolute atomic E-state index is 0.148. The molecule has 6 heteroatoms. The smallest absolute Gasteiger partial charge is 0.251 e. The van der Waals surface area contributed by atoms with Crippen LogP contribution in [-0.2, 0) is 9.84 Å². The first kappa shape index (κ1) is 16.5. The fraction of sp³-hybridized carbons (Fsp3) is 0.500. The largest absolute Gasteiger partial charge is 0.352 e. The van der Waals surface area contributed by atoms with E-state index in [1.54, 1.807) is 18.2 Å². The Morgan fingerprint density at radius 3 is 2.64 bits per heavy atom. The van der Waals surface area contributed by atoms with Crippen LogP contribution < -0.4 is 5.32 Å². The van der Waals surface area contributed by atoms with Crippen LogP contribution in [0.5, 0.6) is 0 Å². The van der Waals surface area contributed by atoms with Gasteiger partial charge in [-0.1, -0.05) is 0 Å². The molecule has 1 aromatic rings. The summed E-state index contributed by atoms with van der Waals surface area (Å²) in [5, 5.41) is 11.7. The number of hydrogen-bond donors (Lipinski definition) is 1. The number of amides is 1. The molecular formula is C16H20N2O3S. The summed E-state index contributed by atoms with van der Waals surface area (Å²) in [6.45, 7) is 2.35. The number of nitriles is 1. The molecule has 22 heavy (non-hydrogen) atoms. The summed E-state index contributed by atoms with van der Waals surface area (Å²) in [6, 6.07) is 7.04. The number of benzene rings is 1. The van der Waals surface area contributed by atoms with Crippen molar-refractivity contribution < 1.29 is 13.2 Å². The number of carbonyl (C=O) groups excluding carboxylic acids is 1. The van der Waals surface area contributed by atoms with Gasteiger partial charge in [0.2, 0.25) is 0 Å². The van der Waals surface area contributed by atoms with Gasteiger partial charge in [-0.2, -0.15) is 5.26 Å². The van der Waals surface area contributed by atoms with Crippen LogP contribution in [0.3, 0.4) is 0 Å². The molecule has 0 radical (unpaired) electrons. The normalized spacial score (nSPS) is 17.6. The van der Waals surface area contributed by atoms with Crippen LogP contribution in [0.25, 0.3) is 0 Å². The molecule has 1 fully saturated rings. The summed E-state index contributed by atoms with van der Waals surface area (Å²) in [5.74, 6) is 0.747. The SMILES string of the molecule is Cc1cc(C#N)ccc1C(=O)NCCC1CCS(=O)(=O)CC1. The predicted octanol–water partition coefficient (Wildman–Crippen LogP) is 1.81. The fourth-order valence-electron chi connectivity index (χ4n) is 2.70. The molecule has 1 saturated heterocycles. The van der Waals surface area contributed by atoms with Gasteiger partial charge in [0.25, 0.3) is 5.91 Å². The molecule has 0 saturated carbocycles. The Morgan fingerprint density at radius 2 is 2.05 bits per heavy atom. The molecule has 1 aliphatic rings. The molecule has 0 atom stereocenters. The lowest BCUT2D eigenvalue weighted by atomic mass is 9.99. The van der Waals surface area contributed by atoms with Crippen LogP contribution >= 0.6 is 0 Å². The van der Waals surface area contributed by atoms with E-state index in [1.807, 2.05) is 13.0 Å². The molecule has 1 aliphatic heterocycles. The number of rotatable bonds is 4. The van der Waals surface area contributed by atoms with Crippen LogP contribution in [0.4, 0.5) is 0 Å². The van der Waals surface area contributed by atoms with Gasteiger partial charge in [-0.3, -0.25) is 4.79 Å². The second-order valence-electron chi connectivity index (χ2n) is 5.78. The van der Waals surface area contributed by atoms with E-state index in [9.17, 15) is 13.2 Å². The first-order chi connectivity index (χ1) is 10.4. The number of aryl methyl sites for hydroxylation is 1. The highest BCUT2D eigenvalue weighted by Gasteiger charge is 2.23. The highest BCUT2D eigenvalue weighted by Crippen LogP contribution is 2.21. The van der Waals surface area contributed by atoms with Crippen molar-refractivity contribution in [1.29, 1.82) is 5.26 Å². The number of nitrogens with one attached hydrogen (secondary N) is 1. The van der Waals surface area contributed by atoms with Gasteiger partial charge in [-0.05, 0) is 55.9 Å². The summed E-state index contributed by atoms with van der Waals surface area (Å²) >= 11 is 0. The van der Waals surface area contributed by atoms with Crippen molar-refractivity contribution >= 4 is 15.7 Å². The van der Waals surface area contributed by atoms with Crippen LogP contribution in [0.2, 0.25) is 0 Å². The zero-order valence-corrected chi connectivity index (χ0v) is 13.4. The van der Waals surface area contributed by atoms with Crippen molar-refractivity contribution in [1.82, 2.24) is 5.32 Å². The van der Waals surface area contributed by atoms with E-state index >= 15 is 0 Å². The third-order valence-corrected chi connectivity index (χ3v) is 5.83. The van der Waals surface area contributed by atoms with Crippen molar-refractivity contribution in [3.8, 4) is 6.07 Å². The van der Waals surface area contributed by atoms with Crippen molar-refractivity contribution in [2.45, 2.75) is 26.2 Å². The molecular weight excluding hydrogens is 300 g/mol. The van der Waals surface area contributed by atoms with Gasteiger partial charge in [0, 0.05) is 12.1 Å². The quantitative estimate of drug-likeness (QED) is 0.916. The van der Waals surface area contributed by atoms with Gasteiger partial charge < -0.3 is 5.32 Å². The molecule has 1 heterocycles. The third kappa shape index (κ3) is 4.31. The molecule has 0 aliphatic carbocycles. The van der Waals surface area contributed by atoms with E-state index in [1.165, 1.54) is 0 Å². The van der Waals surface area contributed by atoms with E-state index in [4.69, 9.17) is 5.26 Å². The lowest BCUT2D eigenvalue weighted by molar-refractivity contribution is 0.0950. The number of carbonyl (C=O) groups is 1. The molecule has 1 amide bonds. The topological polar surface area (TPSA) is 87.0 Å². The Hall–Kier alpha value is -1.87. The van der Waals surface area contributed by atoms with Gasteiger partial charge >= 0.3 is 0 Å². The van der Waals surface area contributed by atoms with E-state index in [-0.39, 0.29) is 17.4 Å². The van der Waals surface area contributed by atoms with Crippen LogP contribution in [0, 0.1) is 24.2 Å². The second-order valence-corrected chi connectivity index (χ2v) is 8.08. The van der Waals surface area contributed by atoms with Gasteiger partial charge in [0.1, 0.15) is 9.84 Å². The fourth-order valence-corrected chi connectivity index (χ4v) is 4.29. The Kier molecular flexibility index (Phi) is 5.19. The number of nitrogens with zero attached hydrogens (tertiary/aromatic N) is 1. The molecule has 118 valence electrons. The molecule has 5 nitrogen and oxygen atoms in total. The van der Waals surface area contributed by atoms with Crippen LogP contribution in [0.15, 0.2) is 18.2 Å². The summed E-state index contributed by atoms with van der Waals surface area (Å²) in [4.78, 5) is 12.1. The average molecular weight is 320 g/mol. The molecule has 2 rings (SSSR count). The number of hydrogen-bond acceptors (Lipinski definition) is 4. The molecule has 0 bridgehead atoms. The molecule has 1 aromatic carbocycles. The lowest BCUT2D eigenvalue weighted by Gasteiger charge is -2.21. The first-order valence-corrected chi connectivity index (χ1v) is 9.23. The van der Waals surface area contributed by atoms with Gasteiger partial charge in [-0.15, -0.1) is 0 Å². The zero-order chi connectivity index (χ0) is 16.2. The van der Waals surface area contributed by atoms with Crippen LogP contribution in [-0.4, -0.2) is 32.4 Å². The Bertz CT molecular complexity index is 691. The first-order valence-electron chi connectivity index (χ1n) is 7.40. The van der Waals surface area contributed by atoms with Crippen molar-refractivity contribution in [2.75, 3.05) is 18.1 Å². The Balaban J connectivity index is 1.82. The monoisotopic (exact) mass is 320 g/mol. The van der Waals surface area contributed by atoms with Crippen molar-refractivity contribution in [3.05, 3.63) is 34.9 Å².